The molecule has 23 heavy (non-hydrogen) atoms. The van der Waals surface area contributed by atoms with Crippen molar-refractivity contribution in [2.75, 3.05) is 18.6 Å². The molecule has 0 radical (unpaired) electrons. The molecule has 2 N–H and O–H groups in total. The summed E-state index contributed by atoms with van der Waals surface area (Å²) in [5.74, 6) is 0.00907. The zero-order valence-electron chi connectivity index (χ0n) is 13.0. The number of aryl methyl sites for hydroxylation is 1. The largest absolute Gasteiger partial charge is 0.387 e. The topological polar surface area (TPSA) is 66.4 Å². The molecule has 0 heterocycles. The van der Waals surface area contributed by atoms with E-state index in [1.54, 1.807) is 11.8 Å². The van der Waals surface area contributed by atoms with Crippen LogP contribution in [0, 0.1) is 0 Å². The highest BCUT2D eigenvalue weighted by Gasteiger charge is 2.14. The lowest BCUT2D eigenvalue weighted by atomic mass is 10.1. The van der Waals surface area contributed by atoms with Crippen LogP contribution in [0.1, 0.15) is 17.2 Å². The van der Waals surface area contributed by atoms with Gasteiger partial charge in [0.15, 0.2) is 0 Å². The normalized spacial score (nSPS) is 13.0. The molecule has 0 amide bonds. The van der Waals surface area contributed by atoms with Crippen LogP contribution in [-0.2, 0) is 16.4 Å². The third kappa shape index (κ3) is 5.99. The van der Waals surface area contributed by atoms with Gasteiger partial charge in [-0.1, -0.05) is 42.5 Å². The summed E-state index contributed by atoms with van der Waals surface area (Å²) in [6.07, 6.45) is 1.58. The lowest BCUT2D eigenvalue weighted by molar-refractivity contribution is 0.182. The number of thioether (sulfide) groups is 1. The first-order valence-electron chi connectivity index (χ1n) is 7.33. The maximum Gasteiger partial charge on any atom is 0.212 e. The molecule has 0 aliphatic carbocycles. The van der Waals surface area contributed by atoms with Crippen molar-refractivity contribution in [1.29, 1.82) is 0 Å². The molecule has 0 saturated carbocycles. The Labute approximate surface area is 142 Å². The van der Waals surface area contributed by atoms with Crippen LogP contribution in [0.2, 0.25) is 0 Å². The van der Waals surface area contributed by atoms with Crippen LogP contribution in [0.5, 0.6) is 0 Å². The number of sulfonamides is 1. The van der Waals surface area contributed by atoms with E-state index in [9.17, 15) is 13.5 Å². The third-order valence-electron chi connectivity index (χ3n) is 3.50. The zero-order valence-corrected chi connectivity index (χ0v) is 14.6. The zero-order chi connectivity index (χ0) is 16.7. The van der Waals surface area contributed by atoms with Crippen molar-refractivity contribution in [1.82, 2.24) is 4.72 Å². The van der Waals surface area contributed by atoms with Crippen LogP contribution < -0.4 is 4.72 Å². The average molecular weight is 351 g/mol. The summed E-state index contributed by atoms with van der Waals surface area (Å²) in [6.45, 7) is -0.0181. The van der Waals surface area contributed by atoms with Crippen molar-refractivity contribution in [2.45, 2.75) is 17.4 Å². The molecule has 2 aromatic carbocycles. The van der Waals surface area contributed by atoms with Crippen LogP contribution in [-0.4, -0.2) is 32.1 Å². The summed E-state index contributed by atoms with van der Waals surface area (Å²) in [5, 5.41) is 10.1. The molecular formula is C17H21NO3S2. The highest BCUT2D eigenvalue weighted by Crippen LogP contribution is 2.18. The number of benzene rings is 2. The molecule has 2 aromatic rings. The van der Waals surface area contributed by atoms with Gasteiger partial charge in [-0.2, -0.15) is 0 Å². The second kappa shape index (κ2) is 8.49. The number of hydrogen-bond acceptors (Lipinski definition) is 4. The molecule has 0 spiro atoms. The van der Waals surface area contributed by atoms with E-state index in [1.165, 1.54) is 0 Å². The standard InChI is InChI=1S/C17H21NO3S2/c1-22-16-9-7-15(8-10-16)17(19)13-18-23(20,21)12-11-14-5-3-2-4-6-14/h2-10,17-19H,11-13H2,1H3. The second-order valence-electron chi connectivity index (χ2n) is 5.19. The molecule has 124 valence electrons. The van der Waals surface area contributed by atoms with Gasteiger partial charge in [0.05, 0.1) is 11.9 Å². The third-order valence-corrected chi connectivity index (χ3v) is 5.59. The quantitative estimate of drug-likeness (QED) is 0.718. The minimum atomic E-state index is -3.41. The summed E-state index contributed by atoms with van der Waals surface area (Å²) in [6, 6.07) is 16.9. The van der Waals surface area contributed by atoms with Crippen molar-refractivity contribution in [3.8, 4) is 0 Å². The van der Waals surface area contributed by atoms with Gasteiger partial charge in [0.25, 0.3) is 0 Å². The average Bonchev–Trinajstić information content (AvgIpc) is 2.59. The van der Waals surface area contributed by atoms with Crippen molar-refractivity contribution >= 4 is 21.8 Å². The fourth-order valence-electron chi connectivity index (χ4n) is 2.12. The molecule has 0 aliphatic heterocycles. The molecule has 6 heteroatoms. The predicted molar refractivity (Wildman–Crippen MR) is 95.1 cm³/mol. The van der Waals surface area contributed by atoms with Crippen LogP contribution in [0.3, 0.4) is 0 Å². The highest BCUT2D eigenvalue weighted by molar-refractivity contribution is 7.98. The molecule has 0 aromatic heterocycles. The van der Waals surface area contributed by atoms with Crippen molar-refractivity contribution in [3.63, 3.8) is 0 Å². The molecule has 4 nitrogen and oxygen atoms in total. The van der Waals surface area contributed by atoms with Gasteiger partial charge in [-0.25, -0.2) is 13.1 Å². The minimum Gasteiger partial charge on any atom is -0.387 e. The number of rotatable bonds is 8. The van der Waals surface area contributed by atoms with Crippen molar-refractivity contribution < 1.29 is 13.5 Å². The molecular weight excluding hydrogens is 330 g/mol. The number of nitrogens with one attached hydrogen (secondary N) is 1. The minimum absolute atomic E-state index is 0.00907. The smallest absolute Gasteiger partial charge is 0.212 e. The van der Waals surface area contributed by atoms with E-state index in [0.29, 0.717) is 12.0 Å². The molecule has 0 aliphatic rings. The van der Waals surface area contributed by atoms with Gasteiger partial charge in [0.2, 0.25) is 10.0 Å². The van der Waals surface area contributed by atoms with E-state index in [4.69, 9.17) is 0 Å². The van der Waals surface area contributed by atoms with Gasteiger partial charge in [0.1, 0.15) is 0 Å². The number of hydrogen-bond donors (Lipinski definition) is 2. The highest BCUT2D eigenvalue weighted by atomic mass is 32.2. The molecule has 1 atom stereocenters. The van der Waals surface area contributed by atoms with Gasteiger partial charge in [-0.15, -0.1) is 11.8 Å². The SMILES string of the molecule is CSc1ccc(C(O)CNS(=O)(=O)CCc2ccccc2)cc1. The first-order chi connectivity index (χ1) is 11.0. The van der Waals surface area contributed by atoms with Crippen molar-refractivity contribution in [3.05, 3.63) is 65.7 Å². The van der Waals surface area contributed by atoms with Gasteiger partial charge < -0.3 is 5.11 Å². The van der Waals surface area contributed by atoms with Crippen LogP contribution in [0.15, 0.2) is 59.5 Å². The second-order valence-corrected chi connectivity index (χ2v) is 8.00. The number of aliphatic hydroxyl groups is 1. The predicted octanol–water partition coefficient (Wildman–Crippen LogP) is 2.60. The maximum absolute atomic E-state index is 12.0. The Kier molecular flexibility index (Phi) is 6.65. The number of aliphatic hydroxyl groups excluding tert-OH is 1. The van der Waals surface area contributed by atoms with E-state index < -0.39 is 16.1 Å². The van der Waals surface area contributed by atoms with E-state index in [1.807, 2.05) is 60.9 Å². The van der Waals surface area contributed by atoms with Crippen LogP contribution >= 0.6 is 11.8 Å². The Balaban J connectivity index is 1.85. The van der Waals surface area contributed by atoms with Gasteiger partial charge >= 0.3 is 0 Å². The molecule has 0 fully saturated rings. The van der Waals surface area contributed by atoms with Crippen LogP contribution in [0.25, 0.3) is 0 Å². The van der Waals surface area contributed by atoms with Gasteiger partial charge in [-0.05, 0) is 35.9 Å². The Morgan fingerprint density at radius 1 is 1.09 bits per heavy atom. The Hall–Kier alpha value is -1.34. The first-order valence-corrected chi connectivity index (χ1v) is 10.2. The van der Waals surface area contributed by atoms with Crippen molar-refractivity contribution in [2.24, 2.45) is 0 Å². The summed E-state index contributed by atoms with van der Waals surface area (Å²) < 4.78 is 26.5. The Morgan fingerprint density at radius 3 is 2.35 bits per heavy atom. The van der Waals surface area contributed by atoms with Crippen LogP contribution in [0.4, 0.5) is 0 Å². The molecule has 2 rings (SSSR count). The monoisotopic (exact) mass is 351 g/mol. The summed E-state index contributed by atoms with van der Waals surface area (Å²) in [7, 11) is -3.41. The Bertz CT molecular complexity index is 700. The first kappa shape index (κ1) is 18.0. The summed E-state index contributed by atoms with van der Waals surface area (Å²) >= 11 is 1.62. The summed E-state index contributed by atoms with van der Waals surface area (Å²) in [5.41, 5.74) is 1.68. The fourth-order valence-corrected chi connectivity index (χ4v) is 3.59. The summed E-state index contributed by atoms with van der Waals surface area (Å²) in [4.78, 5) is 1.10. The Morgan fingerprint density at radius 2 is 1.74 bits per heavy atom. The molecule has 0 saturated heterocycles. The fraction of sp³-hybridized carbons (Fsp3) is 0.294. The lowest BCUT2D eigenvalue weighted by Gasteiger charge is -2.13. The van der Waals surface area contributed by atoms with Gasteiger partial charge in [0, 0.05) is 11.4 Å². The lowest BCUT2D eigenvalue weighted by Crippen LogP contribution is -2.31. The van der Waals surface area contributed by atoms with E-state index in [-0.39, 0.29) is 12.3 Å². The molecule has 1 unspecified atom stereocenters. The maximum atomic E-state index is 12.0. The van der Waals surface area contributed by atoms with E-state index in [2.05, 4.69) is 4.72 Å². The van der Waals surface area contributed by atoms with Gasteiger partial charge in [-0.3, -0.25) is 0 Å². The van der Waals surface area contributed by atoms with E-state index >= 15 is 0 Å². The van der Waals surface area contributed by atoms with E-state index in [0.717, 1.165) is 10.5 Å². The molecule has 0 bridgehead atoms.